The summed E-state index contributed by atoms with van der Waals surface area (Å²) in [5, 5.41) is 4.14. The Morgan fingerprint density at radius 3 is 1.77 bits per heavy atom. The average molecular weight is 369 g/mol. The molecule has 0 N–H and O–H groups in total. The summed E-state index contributed by atoms with van der Waals surface area (Å²) in [6.45, 7) is 0. The predicted molar refractivity (Wildman–Crippen MR) is 95.4 cm³/mol. The number of sulfone groups is 1. The van der Waals surface area contributed by atoms with Gasteiger partial charge in [0, 0.05) is 15.0 Å². The molecule has 3 rings (SSSR count). The molecule has 2 aromatic carbocycles. The van der Waals surface area contributed by atoms with Crippen molar-refractivity contribution >= 4 is 54.6 Å². The summed E-state index contributed by atoms with van der Waals surface area (Å²) in [5.41, 5.74) is 1.45. The second-order valence-electron chi connectivity index (χ2n) is 4.64. The van der Waals surface area contributed by atoms with Gasteiger partial charge in [-0.15, -0.1) is 0 Å². The molecule has 0 aromatic heterocycles. The van der Waals surface area contributed by atoms with E-state index in [1.54, 1.807) is 53.9 Å². The molecule has 0 saturated carbocycles. The van der Waals surface area contributed by atoms with E-state index in [9.17, 15) is 8.42 Å². The largest absolute Gasteiger partial charge is 0.219 e. The average Bonchev–Trinajstić information content (AvgIpc) is 2.48. The minimum absolute atomic E-state index is 0.284. The van der Waals surface area contributed by atoms with Crippen LogP contribution in [-0.2, 0) is 9.84 Å². The van der Waals surface area contributed by atoms with Crippen molar-refractivity contribution < 1.29 is 8.42 Å². The molecule has 0 saturated heterocycles. The Kier molecular flexibility index (Phi) is 4.37. The zero-order valence-electron chi connectivity index (χ0n) is 11.2. The summed E-state index contributed by atoms with van der Waals surface area (Å²) in [4.78, 5) is 0.960. The highest BCUT2D eigenvalue weighted by Gasteiger charge is 2.23. The number of halogens is 2. The molecule has 112 valence electrons. The highest BCUT2D eigenvalue weighted by molar-refractivity contribution is 8.15. The number of hydrogen-bond acceptors (Lipinski definition) is 3. The van der Waals surface area contributed by atoms with Crippen LogP contribution in [0.15, 0.2) is 59.3 Å². The quantitative estimate of drug-likeness (QED) is 0.706. The van der Waals surface area contributed by atoms with Crippen LogP contribution < -0.4 is 0 Å². The first-order valence-corrected chi connectivity index (χ1v) is 9.49. The van der Waals surface area contributed by atoms with Crippen molar-refractivity contribution in [2.75, 3.05) is 0 Å². The number of thioether (sulfide) groups is 1. The third-order valence-corrected chi connectivity index (χ3v) is 6.40. The van der Waals surface area contributed by atoms with Crippen LogP contribution in [-0.4, -0.2) is 8.42 Å². The van der Waals surface area contributed by atoms with Crippen LogP contribution in [0.2, 0.25) is 10.0 Å². The lowest BCUT2D eigenvalue weighted by atomic mass is 10.2. The minimum Gasteiger partial charge on any atom is -0.219 e. The third kappa shape index (κ3) is 3.25. The molecule has 0 radical (unpaired) electrons. The Morgan fingerprint density at radius 1 is 0.773 bits per heavy atom. The molecule has 0 amide bonds. The standard InChI is InChI=1S/C16H10Cl2O2S2/c17-13-5-1-11(2-6-13)15-10-22(19,20)16(9-21-15)12-3-7-14(18)8-4-12/h1-10H. The Hall–Kier alpha value is -1.20. The van der Waals surface area contributed by atoms with E-state index in [1.165, 1.54) is 17.2 Å². The smallest absolute Gasteiger partial charge is 0.202 e. The Labute approximate surface area is 143 Å². The lowest BCUT2D eigenvalue weighted by Gasteiger charge is -2.14. The van der Waals surface area contributed by atoms with Crippen molar-refractivity contribution in [3.05, 3.63) is 80.5 Å². The van der Waals surface area contributed by atoms with Crippen LogP contribution in [0, 0.1) is 0 Å². The fraction of sp³-hybridized carbons (Fsp3) is 0. The van der Waals surface area contributed by atoms with E-state index in [-0.39, 0.29) is 4.91 Å². The van der Waals surface area contributed by atoms with Gasteiger partial charge in [-0.3, -0.25) is 0 Å². The van der Waals surface area contributed by atoms with Crippen LogP contribution in [0.4, 0.5) is 0 Å². The van der Waals surface area contributed by atoms with Gasteiger partial charge in [0.1, 0.15) is 0 Å². The topological polar surface area (TPSA) is 34.1 Å². The SMILES string of the molecule is O=S1(=O)C=C(c2ccc(Cl)cc2)SC=C1c1ccc(Cl)cc1. The van der Waals surface area contributed by atoms with Crippen LogP contribution in [0.25, 0.3) is 9.81 Å². The first kappa shape index (κ1) is 15.7. The molecule has 0 bridgehead atoms. The zero-order valence-corrected chi connectivity index (χ0v) is 14.3. The fourth-order valence-corrected chi connectivity index (χ4v) is 5.20. The fourth-order valence-electron chi connectivity index (χ4n) is 2.01. The van der Waals surface area contributed by atoms with Crippen molar-refractivity contribution in [2.45, 2.75) is 0 Å². The van der Waals surface area contributed by atoms with Gasteiger partial charge in [0.15, 0.2) is 0 Å². The van der Waals surface area contributed by atoms with Crippen LogP contribution in [0.5, 0.6) is 0 Å². The molecule has 0 unspecified atom stereocenters. The maximum atomic E-state index is 12.5. The first-order valence-electron chi connectivity index (χ1n) is 6.31. The molecule has 1 aliphatic heterocycles. The van der Waals surface area contributed by atoms with Gasteiger partial charge >= 0.3 is 0 Å². The maximum Gasteiger partial charge on any atom is 0.202 e. The van der Waals surface area contributed by atoms with Gasteiger partial charge in [-0.05, 0) is 40.8 Å². The third-order valence-electron chi connectivity index (χ3n) is 3.12. The molecule has 0 aliphatic carbocycles. The van der Waals surface area contributed by atoms with Gasteiger partial charge in [-0.1, -0.05) is 59.2 Å². The lowest BCUT2D eigenvalue weighted by Crippen LogP contribution is -2.03. The van der Waals surface area contributed by atoms with E-state index < -0.39 is 9.84 Å². The van der Waals surface area contributed by atoms with Crippen molar-refractivity contribution in [1.82, 2.24) is 0 Å². The monoisotopic (exact) mass is 368 g/mol. The minimum atomic E-state index is -3.49. The Balaban J connectivity index is 1.97. The van der Waals surface area contributed by atoms with E-state index in [0.717, 1.165) is 5.56 Å². The van der Waals surface area contributed by atoms with Crippen LogP contribution >= 0.6 is 35.0 Å². The Bertz CT molecular complexity index is 865. The molecule has 0 fully saturated rings. The lowest BCUT2D eigenvalue weighted by molar-refractivity contribution is 0.614. The molecule has 0 atom stereocenters. The second-order valence-corrected chi connectivity index (χ2v) is 8.19. The van der Waals surface area contributed by atoms with Gasteiger partial charge in [-0.2, -0.15) is 0 Å². The molecule has 6 heteroatoms. The van der Waals surface area contributed by atoms with E-state index in [0.29, 0.717) is 20.5 Å². The normalized spacial score (nSPS) is 16.8. The highest BCUT2D eigenvalue weighted by Crippen LogP contribution is 2.40. The van der Waals surface area contributed by atoms with E-state index in [2.05, 4.69) is 0 Å². The summed E-state index contributed by atoms with van der Waals surface area (Å²) >= 11 is 13.1. The van der Waals surface area contributed by atoms with E-state index in [4.69, 9.17) is 23.2 Å². The predicted octanol–water partition coefficient (Wildman–Crippen LogP) is 5.45. The molecule has 1 heterocycles. The summed E-state index contributed by atoms with van der Waals surface area (Å²) in [5.74, 6) is 0. The summed E-state index contributed by atoms with van der Waals surface area (Å²) in [7, 11) is -3.49. The van der Waals surface area contributed by atoms with Gasteiger partial charge in [0.25, 0.3) is 0 Å². The maximum absolute atomic E-state index is 12.5. The summed E-state index contributed by atoms with van der Waals surface area (Å²) < 4.78 is 25.0. The first-order chi connectivity index (χ1) is 10.5. The molecule has 2 aromatic rings. The molecule has 0 spiro atoms. The van der Waals surface area contributed by atoms with Crippen molar-refractivity contribution in [1.29, 1.82) is 0 Å². The van der Waals surface area contributed by atoms with Crippen molar-refractivity contribution in [3.8, 4) is 0 Å². The summed E-state index contributed by atoms with van der Waals surface area (Å²) in [6, 6.07) is 13.8. The number of rotatable bonds is 2. The molecule has 22 heavy (non-hydrogen) atoms. The number of hydrogen-bond donors (Lipinski definition) is 0. The summed E-state index contributed by atoms with van der Waals surface area (Å²) in [6.07, 6.45) is 0. The highest BCUT2D eigenvalue weighted by atomic mass is 35.5. The van der Waals surface area contributed by atoms with Gasteiger partial charge < -0.3 is 0 Å². The number of benzene rings is 2. The van der Waals surface area contributed by atoms with E-state index >= 15 is 0 Å². The van der Waals surface area contributed by atoms with Crippen LogP contribution in [0.1, 0.15) is 11.1 Å². The molecular formula is C16H10Cl2O2S2. The van der Waals surface area contributed by atoms with E-state index in [1.807, 2.05) is 0 Å². The second kappa shape index (κ2) is 6.13. The van der Waals surface area contributed by atoms with Crippen molar-refractivity contribution in [2.24, 2.45) is 0 Å². The Morgan fingerprint density at radius 2 is 1.27 bits per heavy atom. The molecule has 2 nitrogen and oxygen atoms in total. The zero-order chi connectivity index (χ0) is 15.7. The van der Waals surface area contributed by atoms with Gasteiger partial charge in [-0.25, -0.2) is 8.42 Å². The van der Waals surface area contributed by atoms with Crippen molar-refractivity contribution in [3.63, 3.8) is 0 Å². The van der Waals surface area contributed by atoms with Gasteiger partial charge in [0.2, 0.25) is 9.84 Å². The van der Waals surface area contributed by atoms with Gasteiger partial charge in [0.05, 0.1) is 10.3 Å². The molecule has 1 aliphatic rings. The van der Waals surface area contributed by atoms with Crippen LogP contribution in [0.3, 0.4) is 0 Å². The molecular weight excluding hydrogens is 359 g/mol.